The molecule has 1 aliphatic heterocycles. The zero-order valence-corrected chi connectivity index (χ0v) is 9.03. The molecule has 1 atom stereocenters. The van der Waals surface area contributed by atoms with E-state index in [4.69, 9.17) is 0 Å². The van der Waals surface area contributed by atoms with E-state index in [9.17, 15) is 0 Å². The molecule has 0 saturated heterocycles. The molecule has 1 aromatic heterocycles. The van der Waals surface area contributed by atoms with Crippen LogP contribution in [0.3, 0.4) is 0 Å². The van der Waals surface area contributed by atoms with Gasteiger partial charge in [-0.25, -0.2) is 0 Å². The van der Waals surface area contributed by atoms with Crippen LogP contribution in [0.2, 0.25) is 0 Å². The topological polar surface area (TPSA) is 16.1 Å². The van der Waals surface area contributed by atoms with Crippen LogP contribution in [0.1, 0.15) is 31.5 Å². The summed E-state index contributed by atoms with van der Waals surface area (Å²) in [6, 6.07) is 4.94. The Morgan fingerprint density at radius 1 is 1.57 bits per heavy atom. The SMILES string of the molecule is CCC(C)N1CCc2ncccc2C1. The van der Waals surface area contributed by atoms with Gasteiger partial charge in [-0.3, -0.25) is 9.88 Å². The van der Waals surface area contributed by atoms with Gasteiger partial charge in [-0.15, -0.1) is 0 Å². The lowest BCUT2D eigenvalue weighted by Crippen LogP contribution is -2.37. The van der Waals surface area contributed by atoms with Gasteiger partial charge in [-0.2, -0.15) is 0 Å². The minimum atomic E-state index is 0.698. The lowest BCUT2D eigenvalue weighted by Gasteiger charge is -2.32. The molecule has 14 heavy (non-hydrogen) atoms. The van der Waals surface area contributed by atoms with E-state index in [2.05, 4.69) is 29.8 Å². The number of hydrogen-bond donors (Lipinski definition) is 0. The number of nitrogens with zero attached hydrogens (tertiary/aromatic N) is 2. The van der Waals surface area contributed by atoms with Crippen molar-refractivity contribution in [1.82, 2.24) is 9.88 Å². The summed E-state index contributed by atoms with van der Waals surface area (Å²) in [7, 11) is 0. The van der Waals surface area contributed by atoms with E-state index in [1.165, 1.54) is 24.2 Å². The number of hydrogen-bond acceptors (Lipinski definition) is 2. The molecule has 2 heterocycles. The van der Waals surface area contributed by atoms with E-state index in [1.54, 1.807) is 0 Å². The maximum atomic E-state index is 4.41. The van der Waals surface area contributed by atoms with Crippen molar-refractivity contribution < 1.29 is 0 Å². The van der Waals surface area contributed by atoms with Gasteiger partial charge in [-0.1, -0.05) is 13.0 Å². The highest BCUT2D eigenvalue weighted by molar-refractivity contribution is 5.22. The fourth-order valence-corrected chi connectivity index (χ4v) is 2.02. The number of fused-ring (bicyclic) bond motifs is 1. The monoisotopic (exact) mass is 190 g/mol. The van der Waals surface area contributed by atoms with E-state index in [0.717, 1.165) is 13.0 Å². The molecular formula is C12H18N2. The second-order valence-corrected chi connectivity index (χ2v) is 4.09. The van der Waals surface area contributed by atoms with Crippen LogP contribution in [0.15, 0.2) is 18.3 Å². The van der Waals surface area contributed by atoms with E-state index in [-0.39, 0.29) is 0 Å². The Hall–Kier alpha value is -0.890. The summed E-state index contributed by atoms with van der Waals surface area (Å²) in [5.41, 5.74) is 2.71. The van der Waals surface area contributed by atoms with Crippen LogP contribution in [0.4, 0.5) is 0 Å². The largest absolute Gasteiger partial charge is 0.296 e. The van der Waals surface area contributed by atoms with Gasteiger partial charge in [0.05, 0.1) is 0 Å². The average molecular weight is 190 g/mol. The molecule has 0 bridgehead atoms. The van der Waals surface area contributed by atoms with Gasteiger partial charge in [0.25, 0.3) is 0 Å². The molecule has 0 fully saturated rings. The molecule has 0 spiro atoms. The molecule has 0 N–H and O–H groups in total. The molecule has 2 rings (SSSR count). The van der Waals surface area contributed by atoms with E-state index >= 15 is 0 Å². The quantitative estimate of drug-likeness (QED) is 0.711. The van der Waals surface area contributed by atoms with Crippen LogP contribution in [-0.4, -0.2) is 22.5 Å². The minimum absolute atomic E-state index is 0.698. The highest BCUT2D eigenvalue weighted by Gasteiger charge is 2.19. The first-order chi connectivity index (χ1) is 6.81. The molecule has 2 nitrogen and oxygen atoms in total. The van der Waals surface area contributed by atoms with Crippen molar-refractivity contribution >= 4 is 0 Å². The summed E-state index contributed by atoms with van der Waals surface area (Å²) < 4.78 is 0. The number of aromatic nitrogens is 1. The van der Waals surface area contributed by atoms with Gasteiger partial charge >= 0.3 is 0 Å². The predicted octanol–water partition coefficient (Wildman–Crippen LogP) is 2.24. The van der Waals surface area contributed by atoms with Gasteiger partial charge < -0.3 is 0 Å². The Labute approximate surface area is 86.0 Å². The lowest BCUT2D eigenvalue weighted by molar-refractivity contribution is 0.185. The Bertz CT molecular complexity index is 309. The standard InChI is InChI=1S/C12H18N2/c1-3-10(2)14-8-6-12-11(9-14)5-4-7-13-12/h4-5,7,10H,3,6,8-9H2,1-2H3. The third kappa shape index (κ3) is 1.80. The molecule has 1 unspecified atom stereocenters. The zero-order chi connectivity index (χ0) is 9.97. The van der Waals surface area contributed by atoms with E-state index in [1.807, 2.05) is 12.3 Å². The first-order valence-corrected chi connectivity index (χ1v) is 5.48. The van der Waals surface area contributed by atoms with Crippen molar-refractivity contribution in [3.05, 3.63) is 29.6 Å². The molecule has 76 valence electrons. The first-order valence-electron chi connectivity index (χ1n) is 5.48. The normalized spacial score (nSPS) is 19.0. The third-order valence-electron chi connectivity index (χ3n) is 3.21. The van der Waals surface area contributed by atoms with Crippen molar-refractivity contribution in [3.8, 4) is 0 Å². The van der Waals surface area contributed by atoms with Crippen molar-refractivity contribution in [1.29, 1.82) is 0 Å². The van der Waals surface area contributed by atoms with Crippen LogP contribution in [0.25, 0.3) is 0 Å². The molecule has 0 aromatic carbocycles. The molecule has 0 amide bonds. The van der Waals surface area contributed by atoms with Gasteiger partial charge in [0.1, 0.15) is 0 Å². The Morgan fingerprint density at radius 3 is 3.21 bits per heavy atom. The van der Waals surface area contributed by atoms with Crippen LogP contribution in [0.5, 0.6) is 0 Å². The van der Waals surface area contributed by atoms with Crippen molar-refractivity contribution in [2.75, 3.05) is 6.54 Å². The summed E-state index contributed by atoms with van der Waals surface area (Å²) in [4.78, 5) is 6.96. The fraction of sp³-hybridized carbons (Fsp3) is 0.583. The smallest absolute Gasteiger partial charge is 0.0461 e. The molecule has 1 aliphatic rings. The molecule has 2 heteroatoms. The first kappa shape index (κ1) is 9.66. The van der Waals surface area contributed by atoms with Gasteiger partial charge in [-0.05, 0) is 25.0 Å². The Morgan fingerprint density at radius 2 is 2.43 bits per heavy atom. The summed E-state index contributed by atoms with van der Waals surface area (Å²) in [5.74, 6) is 0. The summed E-state index contributed by atoms with van der Waals surface area (Å²) in [5, 5.41) is 0. The molecule has 0 radical (unpaired) electrons. The van der Waals surface area contributed by atoms with Crippen molar-refractivity contribution in [3.63, 3.8) is 0 Å². The second-order valence-electron chi connectivity index (χ2n) is 4.09. The third-order valence-corrected chi connectivity index (χ3v) is 3.21. The van der Waals surface area contributed by atoms with Crippen molar-refractivity contribution in [2.45, 2.75) is 39.3 Å². The number of rotatable bonds is 2. The van der Waals surface area contributed by atoms with Gasteiger partial charge in [0.2, 0.25) is 0 Å². The predicted molar refractivity (Wildman–Crippen MR) is 58.1 cm³/mol. The lowest BCUT2D eigenvalue weighted by atomic mass is 10.0. The Kier molecular flexibility index (Phi) is 2.82. The minimum Gasteiger partial charge on any atom is -0.296 e. The summed E-state index contributed by atoms with van der Waals surface area (Å²) >= 11 is 0. The summed E-state index contributed by atoms with van der Waals surface area (Å²) in [6.07, 6.45) is 4.24. The summed E-state index contributed by atoms with van der Waals surface area (Å²) in [6.45, 7) is 6.81. The number of pyridine rings is 1. The average Bonchev–Trinajstić information content (AvgIpc) is 2.27. The highest BCUT2D eigenvalue weighted by atomic mass is 15.2. The van der Waals surface area contributed by atoms with Gasteiger partial charge in [0, 0.05) is 37.4 Å². The Balaban J connectivity index is 2.13. The van der Waals surface area contributed by atoms with E-state index in [0.29, 0.717) is 6.04 Å². The van der Waals surface area contributed by atoms with Crippen LogP contribution < -0.4 is 0 Å². The fourth-order valence-electron chi connectivity index (χ4n) is 2.02. The maximum Gasteiger partial charge on any atom is 0.0461 e. The van der Waals surface area contributed by atoms with E-state index < -0.39 is 0 Å². The van der Waals surface area contributed by atoms with Crippen molar-refractivity contribution in [2.24, 2.45) is 0 Å². The highest BCUT2D eigenvalue weighted by Crippen LogP contribution is 2.19. The zero-order valence-electron chi connectivity index (χ0n) is 9.03. The van der Waals surface area contributed by atoms with Gasteiger partial charge in [0.15, 0.2) is 0 Å². The molecule has 0 aliphatic carbocycles. The molecule has 0 saturated carbocycles. The van der Waals surface area contributed by atoms with Crippen LogP contribution in [0, 0.1) is 0 Å². The van der Waals surface area contributed by atoms with Crippen LogP contribution in [-0.2, 0) is 13.0 Å². The molecule has 1 aromatic rings. The second kappa shape index (κ2) is 4.09. The maximum absolute atomic E-state index is 4.41. The molecular weight excluding hydrogens is 172 g/mol. The van der Waals surface area contributed by atoms with Crippen LogP contribution >= 0.6 is 0 Å².